The van der Waals surface area contributed by atoms with Crippen LogP contribution < -0.4 is 0 Å². The smallest absolute Gasteiger partial charge is 0.0438 e. The predicted octanol–water partition coefficient (Wildman–Crippen LogP) is 3.65. The van der Waals surface area contributed by atoms with Crippen LogP contribution in [0.2, 0.25) is 0 Å². The lowest BCUT2D eigenvalue weighted by molar-refractivity contribution is 0.920. The molecule has 1 heteroatoms. The average Bonchev–Trinajstić information content (AvgIpc) is 2.19. The van der Waals surface area contributed by atoms with E-state index in [0.717, 1.165) is 19.3 Å². The zero-order valence-electron chi connectivity index (χ0n) is 8.29. The first-order valence-corrected chi connectivity index (χ1v) is 4.92. The molecule has 1 heterocycles. The summed E-state index contributed by atoms with van der Waals surface area (Å²) in [5.74, 6) is 0. The maximum Gasteiger partial charge on any atom is 0.0438 e. The molecule has 0 bridgehead atoms. The van der Waals surface area contributed by atoms with E-state index in [9.17, 15) is 0 Å². The second-order valence-electron chi connectivity index (χ2n) is 3.18. The van der Waals surface area contributed by atoms with Gasteiger partial charge in [0.05, 0.1) is 0 Å². The van der Waals surface area contributed by atoms with Gasteiger partial charge >= 0.3 is 0 Å². The summed E-state index contributed by atoms with van der Waals surface area (Å²) in [5, 5.41) is 0. The van der Waals surface area contributed by atoms with E-state index in [-0.39, 0.29) is 0 Å². The maximum absolute atomic E-state index is 4.39. The van der Waals surface area contributed by atoms with Gasteiger partial charge in [0.1, 0.15) is 0 Å². The van der Waals surface area contributed by atoms with Crippen molar-refractivity contribution in [3.63, 3.8) is 0 Å². The Morgan fingerprint density at radius 2 is 2.54 bits per heavy atom. The average molecular weight is 175 g/mol. The lowest BCUT2D eigenvalue weighted by atomic mass is 10.00. The summed E-state index contributed by atoms with van der Waals surface area (Å²) in [7, 11) is 0. The molecule has 1 rings (SSSR count). The van der Waals surface area contributed by atoms with Crippen molar-refractivity contribution in [3.8, 4) is 0 Å². The van der Waals surface area contributed by atoms with Crippen molar-refractivity contribution in [2.24, 2.45) is 4.99 Å². The zero-order chi connectivity index (χ0) is 9.52. The minimum atomic E-state index is 1.08. The lowest BCUT2D eigenvalue weighted by Crippen LogP contribution is -2.04. The Hall–Kier alpha value is -1.11. The van der Waals surface area contributed by atoms with E-state index in [1.165, 1.54) is 17.7 Å². The van der Waals surface area contributed by atoms with E-state index in [1.807, 2.05) is 12.3 Å². The lowest BCUT2D eigenvalue weighted by Gasteiger charge is -2.10. The fourth-order valence-corrected chi connectivity index (χ4v) is 1.48. The van der Waals surface area contributed by atoms with Crippen molar-refractivity contribution in [3.05, 3.63) is 36.6 Å². The van der Waals surface area contributed by atoms with Gasteiger partial charge in [-0.25, -0.2) is 0 Å². The third kappa shape index (κ3) is 3.02. The summed E-state index contributed by atoms with van der Waals surface area (Å²) in [6.45, 7) is 5.92. The largest absolute Gasteiger partial charge is 0.261 e. The minimum absolute atomic E-state index is 1.08. The zero-order valence-corrected chi connectivity index (χ0v) is 8.29. The van der Waals surface area contributed by atoms with Gasteiger partial charge in [0, 0.05) is 11.9 Å². The van der Waals surface area contributed by atoms with Crippen LogP contribution in [0.5, 0.6) is 0 Å². The second kappa shape index (κ2) is 5.52. The molecule has 0 aliphatic carbocycles. The maximum atomic E-state index is 4.39. The Bertz CT molecular complexity index is 256. The van der Waals surface area contributed by atoms with Gasteiger partial charge in [-0.2, -0.15) is 0 Å². The highest BCUT2D eigenvalue weighted by Gasteiger charge is 2.06. The van der Waals surface area contributed by atoms with E-state index >= 15 is 0 Å². The summed E-state index contributed by atoms with van der Waals surface area (Å²) in [4.78, 5) is 4.39. The molecular formula is C12H17N. The topological polar surface area (TPSA) is 12.4 Å². The summed E-state index contributed by atoms with van der Waals surface area (Å²) < 4.78 is 0. The summed E-state index contributed by atoms with van der Waals surface area (Å²) >= 11 is 0. The molecule has 0 spiro atoms. The van der Waals surface area contributed by atoms with Crippen molar-refractivity contribution in [2.45, 2.75) is 32.6 Å². The molecule has 0 fully saturated rings. The van der Waals surface area contributed by atoms with Crippen LogP contribution >= 0.6 is 0 Å². The minimum Gasteiger partial charge on any atom is -0.261 e. The van der Waals surface area contributed by atoms with Crippen LogP contribution in [0, 0.1) is 0 Å². The van der Waals surface area contributed by atoms with E-state index in [0.29, 0.717) is 0 Å². The molecule has 1 aliphatic rings. The molecule has 0 saturated heterocycles. The molecule has 70 valence electrons. The highest BCUT2D eigenvalue weighted by Crippen LogP contribution is 2.15. The Labute approximate surface area is 80.6 Å². The molecule has 0 amide bonds. The molecule has 0 aromatic rings. The van der Waals surface area contributed by atoms with Crippen LogP contribution in [0.15, 0.2) is 41.6 Å². The Morgan fingerprint density at radius 1 is 1.69 bits per heavy atom. The molecule has 0 unspecified atom stereocenters. The highest BCUT2D eigenvalue weighted by atomic mass is 14.7. The molecule has 1 aliphatic heterocycles. The van der Waals surface area contributed by atoms with Gasteiger partial charge in [-0.1, -0.05) is 38.2 Å². The predicted molar refractivity (Wildman–Crippen MR) is 59.0 cm³/mol. The van der Waals surface area contributed by atoms with Crippen molar-refractivity contribution in [2.75, 3.05) is 0 Å². The number of allylic oxidation sites excluding steroid dienone is 4. The molecule has 0 saturated carbocycles. The van der Waals surface area contributed by atoms with Crippen LogP contribution in [0.3, 0.4) is 0 Å². The van der Waals surface area contributed by atoms with Gasteiger partial charge in [0.2, 0.25) is 0 Å². The number of aliphatic imine (C=N–C) groups is 1. The Morgan fingerprint density at radius 3 is 3.08 bits per heavy atom. The normalized spacial score (nSPS) is 17.0. The van der Waals surface area contributed by atoms with E-state index in [1.54, 1.807) is 0 Å². The first-order valence-electron chi connectivity index (χ1n) is 4.92. The van der Waals surface area contributed by atoms with Crippen LogP contribution in [-0.2, 0) is 0 Å². The number of hydrogen-bond acceptors (Lipinski definition) is 1. The van der Waals surface area contributed by atoms with Gasteiger partial charge in [-0.15, -0.1) is 0 Å². The third-order valence-corrected chi connectivity index (χ3v) is 2.09. The van der Waals surface area contributed by atoms with Gasteiger partial charge in [-0.3, -0.25) is 4.99 Å². The standard InChI is InChI=1S/C12H17N/c1-3-7-11(8-4-2)12-9-5-6-10-13-12/h3,6-7,10H,1,4-5,8-9H2,2H3/b11-7-. The van der Waals surface area contributed by atoms with E-state index < -0.39 is 0 Å². The van der Waals surface area contributed by atoms with Gasteiger partial charge < -0.3 is 0 Å². The van der Waals surface area contributed by atoms with Crippen molar-refractivity contribution >= 4 is 5.71 Å². The van der Waals surface area contributed by atoms with Crippen LogP contribution in [-0.4, -0.2) is 5.71 Å². The first-order chi connectivity index (χ1) is 6.38. The first kappa shape index (κ1) is 9.97. The SMILES string of the molecule is C=C/C=C(/CCC)C1=NC=CCC1. The van der Waals surface area contributed by atoms with Gasteiger partial charge in [0.25, 0.3) is 0 Å². The quantitative estimate of drug-likeness (QED) is 0.578. The number of rotatable bonds is 4. The fraction of sp³-hybridized carbons (Fsp3) is 0.417. The molecule has 0 aromatic heterocycles. The number of hydrogen-bond donors (Lipinski definition) is 0. The Balaban J connectivity index is 2.74. The molecular weight excluding hydrogens is 158 g/mol. The van der Waals surface area contributed by atoms with Crippen molar-refractivity contribution in [1.29, 1.82) is 0 Å². The van der Waals surface area contributed by atoms with Gasteiger partial charge in [-0.05, 0) is 24.8 Å². The van der Waals surface area contributed by atoms with E-state index in [4.69, 9.17) is 0 Å². The van der Waals surface area contributed by atoms with Crippen LogP contribution in [0.4, 0.5) is 0 Å². The third-order valence-electron chi connectivity index (χ3n) is 2.09. The fourth-order valence-electron chi connectivity index (χ4n) is 1.48. The number of nitrogens with zero attached hydrogens (tertiary/aromatic N) is 1. The summed E-state index contributed by atoms with van der Waals surface area (Å²) in [6.07, 6.45) is 12.4. The molecule has 13 heavy (non-hydrogen) atoms. The van der Waals surface area contributed by atoms with Gasteiger partial charge in [0.15, 0.2) is 0 Å². The van der Waals surface area contributed by atoms with Crippen molar-refractivity contribution < 1.29 is 0 Å². The molecule has 0 radical (unpaired) electrons. The van der Waals surface area contributed by atoms with Crippen molar-refractivity contribution in [1.82, 2.24) is 0 Å². The molecule has 1 nitrogen and oxygen atoms in total. The molecule has 0 atom stereocenters. The van der Waals surface area contributed by atoms with Crippen LogP contribution in [0.25, 0.3) is 0 Å². The molecule has 0 aromatic carbocycles. The second-order valence-corrected chi connectivity index (χ2v) is 3.18. The summed E-state index contributed by atoms with van der Waals surface area (Å²) in [6, 6.07) is 0. The Kier molecular flexibility index (Phi) is 4.24. The molecule has 0 N–H and O–H groups in total. The monoisotopic (exact) mass is 175 g/mol. The summed E-state index contributed by atoms with van der Waals surface area (Å²) in [5.41, 5.74) is 2.59. The highest BCUT2D eigenvalue weighted by molar-refractivity contribution is 6.01. The van der Waals surface area contributed by atoms with Crippen LogP contribution in [0.1, 0.15) is 32.6 Å². The van der Waals surface area contributed by atoms with E-state index in [2.05, 4.69) is 30.6 Å².